The molecule has 138 valence electrons. The Morgan fingerprint density at radius 2 is 1.63 bits per heavy atom. The molecule has 27 heavy (non-hydrogen) atoms. The molecule has 0 saturated carbocycles. The zero-order valence-electron chi connectivity index (χ0n) is 15.2. The average Bonchev–Trinajstić information content (AvgIpc) is 3.24. The van der Waals surface area contributed by atoms with E-state index in [9.17, 15) is 4.79 Å². The minimum absolute atomic E-state index is 0.0993. The summed E-state index contributed by atoms with van der Waals surface area (Å²) in [5.74, 6) is 0.914. The molecule has 2 heterocycles. The van der Waals surface area contributed by atoms with Crippen LogP contribution < -0.4 is 0 Å². The van der Waals surface area contributed by atoms with Gasteiger partial charge in [-0.25, -0.2) is 0 Å². The fraction of sp³-hybridized carbons (Fsp3) is 0.261. The number of hydrogen-bond donors (Lipinski definition) is 0. The summed E-state index contributed by atoms with van der Waals surface area (Å²) in [6.45, 7) is 1.08. The molecule has 4 nitrogen and oxygen atoms in total. The minimum Gasteiger partial charge on any atom is -0.467 e. The molecule has 0 spiro atoms. The van der Waals surface area contributed by atoms with Gasteiger partial charge in [-0.15, -0.1) is 0 Å². The number of rotatable bonds is 6. The number of amides is 1. The number of carbonyl (C=O) groups excluding carboxylic acids is 1. The molecule has 0 radical (unpaired) electrons. The monoisotopic (exact) mass is 361 g/mol. The van der Waals surface area contributed by atoms with Gasteiger partial charge in [0.25, 0.3) is 0 Å². The van der Waals surface area contributed by atoms with Gasteiger partial charge < -0.3 is 14.1 Å². The SMILES string of the molecule is O=C1CC[C@H](OCc2ccccc2)[C@@H](c2ccco2)N1Cc1ccccc1. The molecule has 1 amide bonds. The van der Waals surface area contributed by atoms with Crippen LogP contribution in [0.3, 0.4) is 0 Å². The van der Waals surface area contributed by atoms with E-state index in [-0.39, 0.29) is 18.1 Å². The zero-order chi connectivity index (χ0) is 18.5. The quantitative estimate of drug-likeness (QED) is 0.637. The highest BCUT2D eigenvalue weighted by Crippen LogP contribution is 2.36. The van der Waals surface area contributed by atoms with Crippen LogP contribution >= 0.6 is 0 Å². The molecule has 1 aliphatic rings. The van der Waals surface area contributed by atoms with Crippen LogP contribution in [0.1, 0.15) is 35.8 Å². The Morgan fingerprint density at radius 3 is 2.30 bits per heavy atom. The van der Waals surface area contributed by atoms with E-state index >= 15 is 0 Å². The van der Waals surface area contributed by atoms with Crippen molar-refractivity contribution in [3.05, 3.63) is 95.9 Å². The molecule has 2 aromatic carbocycles. The Kier molecular flexibility index (Phi) is 5.35. The number of furan rings is 1. The summed E-state index contributed by atoms with van der Waals surface area (Å²) < 4.78 is 12.0. The number of likely N-dealkylation sites (tertiary alicyclic amines) is 1. The van der Waals surface area contributed by atoms with Gasteiger partial charge in [0, 0.05) is 13.0 Å². The third-order valence-electron chi connectivity index (χ3n) is 4.99. The van der Waals surface area contributed by atoms with E-state index in [1.165, 1.54) is 0 Å². The van der Waals surface area contributed by atoms with Gasteiger partial charge in [0.2, 0.25) is 5.91 Å². The van der Waals surface area contributed by atoms with Gasteiger partial charge >= 0.3 is 0 Å². The molecule has 0 bridgehead atoms. The number of hydrogen-bond acceptors (Lipinski definition) is 3. The molecule has 1 saturated heterocycles. The van der Waals surface area contributed by atoms with Gasteiger partial charge in [0.15, 0.2) is 0 Å². The molecule has 2 atom stereocenters. The predicted octanol–water partition coefficient (Wildman–Crippen LogP) is 4.73. The average molecular weight is 361 g/mol. The van der Waals surface area contributed by atoms with E-state index in [2.05, 4.69) is 12.1 Å². The number of nitrogens with zero attached hydrogens (tertiary/aromatic N) is 1. The molecule has 0 unspecified atom stereocenters. The first-order chi connectivity index (χ1) is 13.3. The van der Waals surface area contributed by atoms with Crippen LogP contribution in [-0.2, 0) is 22.7 Å². The number of ether oxygens (including phenoxy) is 1. The van der Waals surface area contributed by atoms with Crippen molar-refractivity contribution < 1.29 is 13.9 Å². The highest BCUT2D eigenvalue weighted by atomic mass is 16.5. The van der Waals surface area contributed by atoms with Crippen molar-refractivity contribution >= 4 is 5.91 Å². The van der Waals surface area contributed by atoms with E-state index in [0.29, 0.717) is 26.0 Å². The standard InChI is InChI=1S/C23H23NO3/c25-22-14-13-21(27-17-19-10-5-2-6-11-19)23(20-12-7-15-26-20)24(22)16-18-8-3-1-4-9-18/h1-12,15,21,23H,13-14,16-17H2/t21-,23+/m0/s1. The van der Waals surface area contributed by atoms with Crippen LogP contribution in [0.5, 0.6) is 0 Å². The van der Waals surface area contributed by atoms with Crippen LogP contribution in [-0.4, -0.2) is 16.9 Å². The van der Waals surface area contributed by atoms with Crippen LogP contribution in [0.15, 0.2) is 83.5 Å². The molecule has 1 aliphatic heterocycles. The first-order valence-electron chi connectivity index (χ1n) is 9.33. The highest BCUT2D eigenvalue weighted by Gasteiger charge is 2.39. The van der Waals surface area contributed by atoms with Gasteiger partial charge in [-0.1, -0.05) is 60.7 Å². The Hall–Kier alpha value is -2.85. The van der Waals surface area contributed by atoms with Crippen molar-refractivity contribution in [2.45, 2.75) is 38.1 Å². The second-order valence-electron chi connectivity index (χ2n) is 6.84. The van der Waals surface area contributed by atoms with Crippen molar-refractivity contribution in [3.63, 3.8) is 0 Å². The van der Waals surface area contributed by atoms with Crippen LogP contribution in [0, 0.1) is 0 Å². The van der Waals surface area contributed by atoms with Crippen molar-refractivity contribution in [3.8, 4) is 0 Å². The van der Waals surface area contributed by atoms with Gasteiger partial charge in [0.1, 0.15) is 11.8 Å². The van der Waals surface area contributed by atoms with E-state index in [4.69, 9.17) is 9.15 Å². The van der Waals surface area contributed by atoms with Gasteiger partial charge in [-0.2, -0.15) is 0 Å². The maximum absolute atomic E-state index is 12.8. The summed E-state index contributed by atoms with van der Waals surface area (Å²) in [6, 6.07) is 23.8. The Labute approximate surface area is 159 Å². The number of piperidine rings is 1. The van der Waals surface area contributed by atoms with Crippen molar-refractivity contribution in [2.24, 2.45) is 0 Å². The molecule has 1 aromatic heterocycles. The lowest BCUT2D eigenvalue weighted by atomic mass is 9.95. The lowest BCUT2D eigenvalue weighted by Crippen LogP contribution is -2.45. The molecule has 1 fully saturated rings. The van der Waals surface area contributed by atoms with Crippen LogP contribution in [0.2, 0.25) is 0 Å². The molecule has 0 aliphatic carbocycles. The first kappa shape index (κ1) is 17.6. The molecular formula is C23H23NO3. The van der Waals surface area contributed by atoms with Gasteiger partial charge in [-0.05, 0) is 29.7 Å². The Morgan fingerprint density at radius 1 is 0.926 bits per heavy atom. The summed E-state index contributed by atoms with van der Waals surface area (Å²) in [7, 11) is 0. The molecule has 4 heteroatoms. The number of carbonyl (C=O) groups is 1. The van der Waals surface area contributed by atoms with Crippen molar-refractivity contribution in [2.75, 3.05) is 0 Å². The third kappa shape index (κ3) is 4.12. The molecule has 3 aromatic rings. The van der Waals surface area contributed by atoms with E-state index in [1.807, 2.05) is 65.6 Å². The highest BCUT2D eigenvalue weighted by molar-refractivity contribution is 5.77. The Balaban J connectivity index is 1.57. The van der Waals surface area contributed by atoms with Crippen molar-refractivity contribution in [1.29, 1.82) is 0 Å². The lowest BCUT2D eigenvalue weighted by Gasteiger charge is -2.40. The third-order valence-corrected chi connectivity index (χ3v) is 4.99. The topological polar surface area (TPSA) is 42.7 Å². The molecule has 4 rings (SSSR count). The lowest BCUT2D eigenvalue weighted by molar-refractivity contribution is -0.148. The van der Waals surface area contributed by atoms with E-state index < -0.39 is 0 Å². The van der Waals surface area contributed by atoms with E-state index in [0.717, 1.165) is 16.9 Å². The minimum atomic E-state index is -0.217. The second kappa shape index (κ2) is 8.23. The van der Waals surface area contributed by atoms with Gasteiger partial charge in [-0.3, -0.25) is 4.79 Å². The molecular weight excluding hydrogens is 338 g/mol. The summed E-state index contributed by atoms with van der Waals surface area (Å²) in [5.41, 5.74) is 2.23. The second-order valence-corrected chi connectivity index (χ2v) is 6.84. The maximum atomic E-state index is 12.8. The molecule has 0 N–H and O–H groups in total. The smallest absolute Gasteiger partial charge is 0.223 e. The number of benzene rings is 2. The summed E-state index contributed by atoms with van der Waals surface area (Å²) in [4.78, 5) is 14.6. The fourth-order valence-corrected chi connectivity index (χ4v) is 3.64. The van der Waals surface area contributed by atoms with Gasteiger partial charge in [0.05, 0.1) is 19.0 Å². The normalized spacial score (nSPS) is 20.0. The summed E-state index contributed by atoms with van der Waals surface area (Å²) >= 11 is 0. The van der Waals surface area contributed by atoms with Crippen LogP contribution in [0.4, 0.5) is 0 Å². The van der Waals surface area contributed by atoms with Crippen LogP contribution in [0.25, 0.3) is 0 Å². The predicted molar refractivity (Wildman–Crippen MR) is 103 cm³/mol. The fourth-order valence-electron chi connectivity index (χ4n) is 3.64. The Bertz CT molecular complexity index is 846. The maximum Gasteiger partial charge on any atom is 0.223 e. The van der Waals surface area contributed by atoms with Crippen molar-refractivity contribution in [1.82, 2.24) is 4.90 Å². The first-order valence-corrected chi connectivity index (χ1v) is 9.33. The summed E-state index contributed by atoms with van der Waals surface area (Å²) in [6.07, 6.45) is 2.74. The zero-order valence-corrected chi connectivity index (χ0v) is 15.2. The van der Waals surface area contributed by atoms with E-state index in [1.54, 1.807) is 6.26 Å². The summed E-state index contributed by atoms with van der Waals surface area (Å²) in [5, 5.41) is 0. The largest absolute Gasteiger partial charge is 0.467 e.